The predicted molar refractivity (Wildman–Crippen MR) is 221 cm³/mol. The van der Waals surface area contributed by atoms with Crippen LogP contribution in [0, 0.1) is 76.1 Å². The maximum Gasteiger partial charge on any atom is 0.300 e. The van der Waals surface area contributed by atoms with E-state index in [1.54, 1.807) is 18.2 Å². The Morgan fingerprint density at radius 1 is 0.500 bits per heavy atom. The number of aliphatic carboxylic acids is 2. The third-order valence-corrected chi connectivity index (χ3v) is 3.12. The Morgan fingerprint density at radius 2 is 0.708 bits per heavy atom. The van der Waals surface area contributed by atoms with E-state index in [1.807, 2.05) is 145 Å². The van der Waals surface area contributed by atoms with Gasteiger partial charge in [-0.25, -0.2) is 0 Å². The molecular formula is C41H83BO4U2. The predicted octanol–water partition coefficient (Wildman–Crippen LogP) is 13.9. The second kappa shape index (κ2) is 90.9. The van der Waals surface area contributed by atoms with Crippen molar-refractivity contribution in [3.63, 3.8) is 0 Å². The van der Waals surface area contributed by atoms with Crippen molar-refractivity contribution < 1.29 is 86.1 Å². The molecule has 0 spiro atoms. The van der Waals surface area contributed by atoms with Crippen LogP contribution in [-0.4, -0.2) is 28.9 Å². The molecular weight excluding hydrogens is 1040 g/mol. The van der Waals surface area contributed by atoms with Crippen molar-refractivity contribution in [1.82, 2.24) is 0 Å². The minimum atomic E-state index is -0.833. The molecule has 0 aliphatic carbocycles. The van der Waals surface area contributed by atoms with Crippen molar-refractivity contribution >= 4 is 24.1 Å². The zero-order valence-corrected chi connectivity index (χ0v) is 40.5. The average molecular weight is 1130 g/mol. The molecule has 48 heavy (non-hydrogen) atoms. The third kappa shape index (κ3) is 120. The summed E-state index contributed by atoms with van der Waals surface area (Å²) in [7, 11) is 0. The molecule has 0 aromatic heterocycles. The molecule has 3 aromatic rings. The van der Waals surface area contributed by atoms with Crippen LogP contribution in [0.1, 0.15) is 134 Å². The van der Waals surface area contributed by atoms with E-state index in [-0.39, 0.29) is 84.5 Å². The van der Waals surface area contributed by atoms with Gasteiger partial charge in [0.15, 0.2) is 6.71 Å². The van der Waals surface area contributed by atoms with E-state index in [0.717, 1.165) is 25.0 Å². The molecule has 282 valence electrons. The van der Waals surface area contributed by atoms with E-state index in [0.29, 0.717) is 24.8 Å². The van der Waals surface area contributed by atoms with Crippen molar-refractivity contribution in [1.29, 1.82) is 0 Å². The van der Waals surface area contributed by atoms with Gasteiger partial charge in [0, 0.05) is 76.1 Å². The zero-order chi connectivity index (χ0) is 38.7. The maximum absolute atomic E-state index is 9.00. The molecule has 0 fully saturated rings. The SMILES string of the molecule is C.C.C.CC.CC.CC.CC.CC.CC.CC(=O)O.CC(=O)O.[3H]c1cccc(B(C)C)c1.[3H]c1cccc(C)c1.[3H]c1cccc(C)c1.[U].[U]. The Kier molecular flexibility index (Phi) is 137. The summed E-state index contributed by atoms with van der Waals surface area (Å²) in [5.74, 6) is -1.67. The number of aryl methyl sites for hydroxylation is 2. The molecule has 0 radical (unpaired) electrons. The van der Waals surface area contributed by atoms with Gasteiger partial charge in [-0.2, -0.15) is 0 Å². The largest absolute Gasteiger partial charge is 0.481 e. The molecule has 0 amide bonds. The van der Waals surface area contributed by atoms with Crippen LogP contribution in [0.25, 0.3) is 0 Å². The first kappa shape index (κ1) is 72.5. The first-order valence-electron chi connectivity index (χ1n) is 17.3. The molecule has 0 aliphatic rings. The molecule has 7 heteroatoms. The van der Waals surface area contributed by atoms with E-state index < -0.39 is 11.9 Å². The Morgan fingerprint density at radius 3 is 0.833 bits per heavy atom. The van der Waals surface area contributed by atoms with E-state index >= 15 is 0 Å². The van der Waals surface area contributed by atoms with Crippen LogP contribution in [0.2, 0.25) is 13.6 Å². The fourth-order valence-electron chi connectivity index (χ4n) is 1.73. The fraction of sp³-hybridized carbons (Fsp3) is 0.512. The number of carboxylic acids is 2. The van der Waals surface area contributed by atoms with Gasteiger partial charge < -0.3 is 10.2 Å². The van der Waals surface area contributed by atoms with E-state index in [1.165, 1.54) is 5.46 Å². The van der Waals surface area contributed by atoms with E-state index in [2.05, 4.69) is 19.7 Å². The van der Waals surface area contributed by atoms with Gasteiger partial charge in [0.2, 0.25) is 0 Å². The summed E-state index contributed by atoms with van der Waals surface area (Å²) in [5, 5.41) is 14.8. The summed E-state index contributed by atoms with van der Waals surface area (Å²) < 4.78 is 21.6. The minimum absolute atomic E-state index is 0. The summed E-state index contributed by atoms with van der Waals surface area (Å²) in [4.78, 5) is 18.0. The number of carbonyl (C=O) groups is 2. The second-order valence-corrected chi connectivity index (χ2v) is 6.69. The van der Waals surface area contributed by atoms with Crippen molar-refractivity contribution in [3.8, 4) is 0 Å². The first-order valence-corrected chi connectivity index (χ1v) is 15.8. The number of hydrogen-bond acceptors (Lipinski definition) is 2. The van der Waals surface area contributed by atoms with Crippen molar-refractivity contribution in [2.75, 3.05) is 0 Å². The Balaban J connectivity index is -0.0000000299. The standard InChI is InChI=1S/C8H11B.2C7H8.2C2H4O2.6C2H6.3CH4.2U/c1-9(2)8-6-4-3-5-7-8;2*1-7-5-3-2-4-6-7;2*1-2(3)4;6*1-2;;;;;/h3-7H,1-2H3;2*2-6H,1H3;2*1H3,(H,3,4);6*1-2H3;3*1H4;;/i4T;2*3T;;;;;;;;;;;;;. The Bertz CT molecular complexity index is 914. The molecule has 2 N–H and O–H groups in total. The van der Waals surface area contributed by atoms with Gasteiger partial charge in [-0.3, -0.25) is 9.59 Å². The Labute approximate surface area is 356 Å². The van der Waals surface area contributed by atoms with E-state index in [4.69, 9.17) is 23.9 Å². The van der Waals surface area contributed by atoms with Crippen LogP contribution in [0.15, 0.2) is 90.9 Å². The number of hydrogen-bond donors (Lipinski definition) is 2. The molecule has 3 aromatic carbocycles. The molecule has 0 saturated carbocycles. The minimum Gasteiger partial charge on any atom is -0.481 e. The third-order valence-electron chi connectivity index (χ3n) is 3.12. The average Bonchev–Trinajstić information content (AvgIpc) is 3.03. The molecule has 3 rings (SSSR count). The summed E-state index contributed by atoms with van der Waals surface area (Å²) >= 11 is 0. The number of benzene rings is 3. The van der Waals surface area contributed by atoms with Gasteiger partial charge in [0.25, 0.3) is 11.9 Å². The maximum atomic E-state index is 9.00. The number of rotatable bonds is 1. The summed E-state index contributed by atoms with van der Waals surface area (Å²) in [6.45, 7) is 34.9. The number of carboxylic acid groups (broad SMARTS) is 2. The molecule has 0 atom stereocenters. The van der Waals surface area contributed by atoms with Crippen LogP contribution < -0.4 is 5.46 Å². The summed E-state index contributed by atoms with van der Waals surface area (Å²) in [5.41, 5.74) is 3.54. The van der Waals surface area contributed by atoms with Gasteiger partial charge in [-0.1, -0.05) is 227 Å². The second-order valence-electron chi connectivity index (χ2n) is 6.69. The molecule has 0 heterocycles. The summed E-state index contributed by atoms with van der Waals surface area (Å²) in [6, 6.07) is 24.4. The van der Waals surface area contributed by atoms with E-state index in [9.17, 15) is 0 Å². The van der Waals surface area contributed by atoms with Gasteiger partial charge in [0.05, 0.1) is 4.11 Å². The van der Waals surface area contributed by atoms with Crippen molar-refractivity contribution in [3.05, 3.63) is 102 Å². The molecule has 0 saturated heterocycles. The van der Waals surface area contributed by atoms with Crippen LogP contribution in [0.4, 0.5) is 0 Å². The molecule has 0 aliphatic heterocycles. The topological polar surface area (TPSA) is 74.6 Å². The molecule has 4 nitrogen and oxygen atoms in total. The Hall–Kier alpha value is -1.23. The normalized spacial score (nSPS) is 6.92. The van der Waals surface area contributed by atoms with Crippen molar-refractivity contribution in [2.45, 2.75) is 147 Å². The van der Waals surface area contributed by atoms with Gasteiger partial charge in [-0.15, -0.1) is 0 Å². The van der Waals surface area contributed by atoms with Gasteiger partial charge >= 0.3 is 0 Å². The quantitative estimate of drug-likeness (QED) is 0.238. The first-order chi connectivity index (χ1) is 21.7. The smallest absolute Gasteiger partial charge is 0.300 e. The van der Waals surface area contributed by atoms with Crippen LogP contribution in [0.3, 0.4) is 0 Å². The monoisotopic (exact) mass is 1130 g/mol. The van der Waals surface area contributed by atoms with Crippen LogP contribution in [0.5, 0.6) is 0 Å². The molecule has 0 bridgehead atoms. The zero-order valence-electron chi connectivity index (χ0n) is 35.2. The van der Waals surface area contributed by atoms with Gasteiger partial charge in [-0.05, 0) is 13.8 Å². The molecule has 0 unspecified atom stereocenters. The van der Waals surface area contributed by atoms with Crippen LogP contribution in [-0.2, 0) is 9.59 Å². The van der Waals surface area contributed by atoms with Gasteiger partial charge in [0.1, 0.15) is 0 Å². The van der Waals surface area contributed by atoms with Crippen molar-refractivity contribution in [2.24, 2.45) is 0 Å². The van der Waals surface area contributed by atoms with Crippen LogP contribution >= 0.6 is 0 Å². The fourth-order valence-corrected chi connectivity index (χ4v) is 1.73. The summed E-state index contributed by atoms with van der Waals surface area (Å²) in [6.07, 6.45) is 0.